The standard InChI is InChI=1S/C13H23N3O2/c1-3-11(13(17)14-2)8-15-4-6-16(7-5-15)12-9-18-10-12/h3,12H,4-10H2,1-2H3,(H,14,17)/b11-3+. The van der Waals surface area contributed by atoms with Crippen LogP contribution in [0.5, 0.6) is 0 Å². The van der Waals surface area contributed by atoms with Gasteiger partial charge < -0.3 is 10.1 Å². The monoisotopic (exact) mass is 253 g/mol. The zero-order valence-corrected chi connectivity index (χ0v) is 11.3. The quantitative estimate of drug-likeness (QED) is 0.699. The van der Waals surface area contributed by atoms with E-state index >= 15 is 0 Å². The van der Waals surface area contributed by atoms with Gasteiger partial charge in [0.1, 0.15) is 0 Å². The summed E-state index contributed by atoms with van der Waals surface area (Å²) in [6, 6.07) is 0.632. The van der Waals surface area contributed by atoms with E-state index in [2.05, 4.69) is 15.1 Å². The molecule has 0 aromatic carbocycles. The van der Waals surface area contributed by atoms with Gasteiger partial charge in [0, 0.05) is 45.3 Å². The fourth-order valence-electron chi connectivity index (χ4n) is 2.42. The van der Waals surface area contributed by atoms with Crippen molar-refractivity contribution in [1.82, 2.24) is 15.1 Å². The fraction of sp³-hybridized carbons (Fsp3) is 0.769. The van der Waals surface area contributed by atoms with E-state index in [-0.39, 0.29) is 5.91 Å². The second-order valence-electron chi connectivity index (χ2n) is 4.90. The van der Waals surface area contributed by atoms with Crippen molar-refractivity contribution in [2.24, 2.45) is 0 Å². The summed E-state index contributed by atoms with van der Waals surface area (Å²) in [6.45, 7) is 8.68. The van der Waals surface area contributed by atoms with Crippen molar-refractivity contribution < 1.29 is 9.53 Å². The van der Waals surface area contributed by atoms with Crippen LogP contribution in [0.2, 0.25) is 0 Å². The van der Waals surface area contributed by atoms with Crippen molar-refractivity contribution in [2.75, 3.05) is 53.0 Å². The van der Waals surface area contributed by atoms with E-state index in [1.165, 1.54) is 0 Å². The van der Waals surface area contributed by atoms with Crippen molar-refractivity contribution in [1.29, 1.82) is 0 Å². The molecule has 0 aromatic rings. The van der Waals surface area contributed by atoms with E-state index in [0.717, 1.165) is 51.5 Å². The minimum atomic E-state index is 0.0346. The average Bonchev–Trinajstić information content (AvgIpc) is 2.35. The van der Waals surface area contributed by atoms with E-state index in [1.807, 2.05) is 13.0 Å². The minimum Gasteiger partial charge on any atom is -0.378 e. The molecule has 1 N–H and O–H groups in total. The molecule has 5 nitrogen and oxygen atoms in total. The predicted octanol–water partition coefficient (Wildman–Crippen LogP) is -0.305. The van der Waals surface area contributed by atoms with Crippen molar-refractivity contribution in [3.05, 3.63) is 11.6 Å². The summed E-state index contributed by atoms with van der Waals surface area (Å²) in [6.07, 6.45) is 1.91. The van der Waals surface area contributed by atoms with Gasteiger partial charge in [-0.1, -0.05) is 6.08 Å². The molecule has 0 saturated carbocycles. The summed E-state index contributed by atoms with van der Waals surface area (Å²) in [5.74, 6) is 0.0346. The van der Waals surface area contributed by atoms with Gasteiger partial charge in [0.25, 0.3) is 0 Å². The lowest BCUT2D eigenvalue weighted by Crippen LogP contribution is -2.56. The summed E-state index contributed by atoms with van der Waals surface area (Å²) in [4.78, 5) is 16.5. The normalized spacial score (nSPS) is 23.8. The van der Waals surface area contributed by atoms with Crippen molar-refractivity contribution in [3.8, 4) is 0 Å². The molecular weight excluding hydrogens is 230 g/mol. The number of nitrogens with zero attached hydrogens (tertiary/aromatic N) is 2. The number of carbonyl (C=O) groups is 1. The Morgan fingerprint density at radius 3 is 2.44 bits per heavy atom. The van der Waals surface area contributed by atoms with Crippen LogP contribution in [-0.4, -0.2) is 74.7 Å². The van der Waals surface area contributed by atoms with Crippen LogP contribution in [0.4, 0.5) is 0 Å². The lowest BCUT2D eigenvalue weighted by atomic mass is 10.1. The Hall–Kier alpha value is -0.910. The Balaban J connectivity index is 1.77. The summed E-state index contributed by atoms with van der Waals surface area (Å²) in [5, 5.41) is 2.69. The number of hydrogen-bond donors (Lipinski definition) is 1. The molecule has 1 amide bonds. The highest BCUT2D eigenvalue weighted by atomic mass is 16.5. The molecule has 0 aliphatic carbocycles. The average molecular weight is 253 g/mol. The molecule has 0 atom stereocenters. The summed E-state index contributed by atoms with van der Waals surface area (Å²) < 4.78 is 5.23. The molecule has 2 heterocycles. The number of likely N-dealkylation sites (N-methyl/N-ethyl adjacent to an activating group) is 1. The number of rotatable bonds is 4. The number of nitrogens with one attached hydrogen (secondary N) is 1. The highest BCUT2D eigenvalue weighted by molar-refractivity contribution is 5.93. The number of amides is 1. The van der Waals surface area contributed by atoms with Crippen molar-refractivity contribution in [2.45, 2.75) is 13.0 Å². The highest BCUT2D eigenvalue weighted by Crippen LogP contribution is 2.14. The van der Waals surface area contributed by atoms with Crippen LogP contribution in [-0.2, 0) is 9.53 Å². The van der Waals surface area contributed by atoms with Gasteiger partial charge in [-0.25, -0.2) is 0 Å². The van der Waals surface area contributed by atoms with Gasteiger partial charge in [0.15, 0.2) is 0 Å². The van der Waals surface area contributed by atoms with Crippen molar-refractivity contribution in [3.63, 3.8) is 0 Å². The number of allylic oxidation sites excluding steroid dienone is 1. The van der Waals surface area contributed by atoms with Gasteiger partial charge in [-0.2, -0.15) is 0 Å². The Bertz CT molecular complexity index is 318. The van der Waals surface area contributed by atoms with Crippen LogP contribution in [0, 0.1) is 0 Å². The largest absolute Gasteiger partial charge is 0.378 e. The van der Waals surface area contributed by atoms with E-state index in [0.29, 0.717) is 6.04 Å². The van der Waals surface area contributed by atoms with Crippen LogP contribution >= 0.6 is 0 Å². The molecule has 102 valence electrons. The third kappa shape index (κ3) is 3.10. The van der Waals surface area contributed by atoms with E-state index < -0.39 is 0 Å². The molecule has 0 radical (unpaired) electrons. The molecule has 2 fully saturated rings. The smallest absolute Gasteiger partial charge is 0.247 e. The van der Waals surface area contributed by atoms with Crippen LogP contribution in [0.15, 0.2) is 11.6 Å². The zero-order chi connectivity index (χ0) is 13.0. The fourth-order valence-corrected chi connectivity index (χ4v) is 2.42. The lowest BCUT2D eigenvalue weighted by molar-refractivity contribution is -0.117. The number of piperazine rings is 1. The Morgan fingerprint density at radius 1 is 1.33 bits per heavy atom. The van der Waals surface area contributed by atoms with Gasteiger partial charge >= 0.3 is 0 Å². The zero-order valence-electron chi connectivity index (χ0n) is 11.3. The molecule has 0 unspecified atom stereocenters. The summed E-state index contributed by atoms with van der Waals surface area (Å²) in [5.41, 5.74) is 0.859. The Kier molecular flexibility index (Phi) is 4.74. The molecule has 0 bridgehead atoms. The van der Waals surface area contributed by atoms with Gasteiger partial charge in [-0.3, -0.25) is 14.6 Å². The minimum absolute atomic E-state index is 0.0346. The first-order chi connectivity index (χ1) is 8.74. The predicted molar refractivity (Wildman–Crippen MR) is 70.4 cm³/mol. The Labute approximate surface area is 109 Å². The van der Waals surface area contributed by atoms with E-state index in [1.54, 1.807) is 7.05 Å². The molecule has 2 aliphatic heterocycles. The molecule has 5 heteroatoms. The summed E-state index contributed by atoms with van der Waals surface area (Å²) >= 11 is 0. The SMILES string of the molecule is C/C=C(\CN1CCN(C2COC2)CC1)C(=O)NC. The number of ether oxygens (including phenoxy) is 1. The first-order valence-corrected chi connectivity index (χ1v) is 6.66. The van der Waals surface area contributed by atoms with Gasteiger partial charge in [0.05, 0.1) is 19.3 Å². The molecule has 2 saturated heterocycles. The lowest BCUT2D eigenvalue weighted by Gasteiger charge is -2.42. The van der Waals surface area contributed by atoms with Gasteiger partial charge in [-0.15, -0.1) is 0 Å². The maximum absolute atomic E-state index is 11.6. The van der Waals surface area contributed by atoms with E-state index in [4.69, 9.17) is 4.74 Å². The van der Waals surface area contributed by atoms with E-state index in [9.17, 15) is 4.79 Å². The summed E-state index contributed by atoms with van der Waals surface area (Å²) in [7, 11) is 1.68. The Morgan fingerprint density at radius 2 is 2.00 bits per heavy atom. The number of hydrogen-bond acceptors (Lipinski definition) is 4. The topological polar surface area (TPSA) is 44.8 Å². The first kappa shape index (κ1) is 13.5. The van der Waals surface area contributed by atoms with Crippen molar-refractivity contribution >= 4 is 5.91 Å². The first-order valence-electron chi connectivity index (χ1n) is 6.66. The van der Waals surface area contributed by atoms with Crippen LogP contribution in [0.25, 0.3) is 0 Å². The maximum atomic E-state index is 11.6. The van der Waals surface area contributed by atoms with Gasteiger partial charge in [0.2, 0.25) is 5.91 Å². The maximum Gasteiger partial charge on any atom is 0.247 e. The highest BCUT2D eigenvalue weighted by Gasteiger charge is 2.29. The molecule has 0 spiro atoms. The third-order valence-corrected chi connectivity index (χ3v) is 3.80. The third-order valence-electron chi connectivity index (χ3n) is 3.80. The van der Waals surface area contributed by atoms with Gasteiger partial charge in [-0.05, 0) is 6.92 Å². The second kappa shape index (κ2) is 6.31. The molecule has 18 heavy (non-hydrogen) atoms. The van der Waals surface area contributed by atoms with Crippen LogP contribution in [0.1, 0.15) is 6.92 Å². The number of carbonyl (C=O) groups excluding carboxylic acids is 1. The second-order valence-corrected chi connectivity index (χ2v) is 4.90. The van der Waals surface area contributed by atoms with Crippen LogP contribution < -0.4 is 5.32 Å². The molecular formula is C13H23N3O2. The molecule has 0 aromatic heterocycles. The van der Waals surface area contributed by atoms with Crippen LogP contribution in [0.3, 0.4) is 0 Å². The molecule has 2 aliphatic rings. The molecule has 2 rings (SSSR count).